The van der Waals surface area contributed by atoms with Gasteiger partial charge in [-0.3, -0.25) is 9.59 Å². The van der Waals surface area contributed by atoms with Gasteiger partial charge < -0.3 is 10.4 Å². The van der Waals surface area contributed by atoms with Gasteiger partial charge in [0.15, 0.2) is 0 Å². The van der Waals surface area contributed by atoms with E-state index in [-0.39, 0.29) is 17.8 Å². The first-order valence-electron chi connectivity index (χ1n) is 5.90. The molecule has 0 heterocycles. The van der Waals surface area contributed by atoms with Crippen LogP contribution >= 0.6 is 0 Å². The molecule has 2 N–H and O–H groups in total. The van der Waals surface area contributed by atoms with Crippen LogP contribution in [0, 0.1) is 23.2 Å². The van der Waals surface area contributed by atoms with Crippen molar-refractivity contribution in [1.29, 1.82) is 0 Å². The second-order valence-corrected chi connectivity index (χ2v) is 5.47. The number of nitrogens with one attached hydrogen (secondary N) is 1. The number of halogens is 3. The molecule has 3 aliphatic carbocycles. The van der Waals surface area contributed by atoms with E-state index in [4.69, 9.17) is 0 Å². The lowest BCUT2D eigenvalue weighted by atomic mass is 9.94. The molecule has 5 atom stereocenters. The molecule has 3 aliphatic rings. The SMILES string of the molecule is O=C(N[C@H]1C[C@@H]2CC[C@@H]3C2[C@]13C(=O)O)C(F)(F)F. The van der Waals surface area contributed by atoms with Gasteiger partial charge in [-0.25, -0.2) is 0 Å². The Hall–Kier alpha value is -1.27. The second kappa shape index (κ2) is 3.19. The number of fused-ring (bicyclic) bond motifs is 1. The van der Waals surface area contributed by atoms with Crippen molar-refractivity contribution in [2.75, 3.05) is 0 Å². The average molecular weight is 263 g/mol. The van der Waals surface area contributed by atoms with E-state index >= 15 is 0 Å². The normalized spacial score (nSPS) is 44.6. The summed E-state index contributed by atoms with van der Waals surface area (Å²) < 4.78 is 36.7. The van der Waals surface area contributed by atoms with Crippen LogP contribution in [-0.2, 0) is 9.59 Å². The number of carboxylic acid groups (broad SMARTS) is 1. The highest BCUT2D eigenvalue weighted by molar-refractivity contribution is 5.86. The quantitative estimate of drug-likeness (QED) is 0.785. The third-order valence-corrected chi connectivity index (χ3v) is 4.89. The van der Waals surface area contributed by atoms with E-state index in [1.807, 2.05) is 5.32 Å². The van der Waals surface area contributed by atoms with Gasteiger partial charge in [-0.1, -0.05) is 0 Å². The summed E-state index contributed by atoms with van der Waals surface area (Å²) >= 11 is 0. The molecule has 0 aromatic heterocycles. The molecule has 0 aliphatic heterocycles. The monoisotopic (exact) mass is 263 g/mol. The number of hydrogen-bond donors (Lipinski definition) is 2. The second-order valence-electron chi connectivity index (χ2n) is 5.47. The number of aliphatic carboxylic acids is 1. The fraction of sp³-hybridized carbons (Fsp3) is 0.818. The summed E-state index contributed by atoms with van der Waals surface area (Å²) in [5.41, 5.74) is -1.12. The van der Waals surface area contributed by atoms with Gasteiger partial charge in [0, 0.05) is 6.04 Å². The molecule has 3 fully saturated rings. The van der Waals surface area contributed by atoms with E-state index < -0.39 is 29.5 Å². The van der Waals surface area contributed by atoms with Crippen LogP contribution in [0.2, 0.25) is 0 Å². The topological polar surface area (TPSA) is 66.4 Å². The molecular weight excluding hydrogens is 251 g/mol. The first-order valence-corrected chi connectivity index (χ1v) is 5.90. The molecule has 0 bridgehead atoms. The molecule has 7 heteroatoms. The molecule has 0 aromatic rings. The molecule has 4 nitrogen and oxygen atoms in total. The van der Waals surface area contributed by atoms with E-state index in [9.17, 15) is 27.9 Å². The van der Waals surface area contributed by atoms with Crippen LogP contribution in [0.25, 0.3) is 0 Å². The Morgan fingerprint density at radius 2 is 1.94 bits per heavy atom. The van der Waals surface area contributed by atoms with Crippen molar-refractivity contribution in [3.63, 3.8) is 0 Å². The number of carboxylic acids is 1. The summed E-state index contributed by atoms with van der Waals surface area (Å²) in [6.07, 6.45) is -2.98. The van der Waals surface area contributed by atoms with Gasteiger partial charge in [-0.2, -0.15) is 13.2 Å². The maximum Gasteiger partial charge on any atom is 0.471 e. The van der Waals surface area contributed by atoms with Crippen molar-refractivity contribution < 1.29 is 27.9 Å². The molecule has 1 unspecified atom stereocenters. The molecule has 0 saturated heterocycles. The first kappa shape index (κ1) is 11.8. The molecule has 18 heavy (non-hydrogen) atoms. The minimum atomic E-state index is -4.95. The minimum Gasteiger partial charge on any atom is -0.481 e. The third kappa shape index (κ3) is 1.22. The fourth-order valence-corrected chi connectivity index (χ4v) is 4.34. The van der Waals surface area contributed by atoms with Gasteiger partial charge >= 0.3 is 18.1 Å². The van der Waals surface area contributed by atoms with E-state index in [0.717, 1.165) is 12.8 Å². The Bertz CT molecular complexity index is 436. The standard InChI is InChI=1S/C11H12F3NO3/c12-11(13,14)8(16)15-6-3-4-1-2-5-7(4)10(5,6)9(17)18/h4-7H,1-3H2,(H,15,16)(H,17,18)/t4-,5+,6-,7?,10+/m0/s1. The van der Waals surface area contributed by atoms with Gasteiger partial charge in [0.2, 0.25) is 0 Å². The molecule has 0 spiro atoms. The molecule has 3 rings (SSSR count). The zero-order valence-electron chi connectivity index (χ0n) is 9.33. The average Bonchev–Trinajstić information content (AvgIpc) is 2.64. The van der Waals surface area contributed by atoms with Crippen LogP contribution < -0.4 is 5.32 Å². The highest BCUT2D eigenvalue weighted by Crippen LogP contribution is 2.76. The van der Waals surface area contributed by atoms with E-state index in [1.165, 1.54) is 0 Å². The molecule has 3 saturated carbocycles. The summed E-state index contributed by atoms with van der Waals surface area (Å²) in [6.45, 7) is 0. The van der Waals surface area contributed by atoms with Crippen LogP contribution in [0.5, 0.6) is 0 Å². The summed E-state index contributed by atoms with van der Waals surface area (Å²) in [4.78, 5) is 22.3. The summed E-state index contributed by atoms with van der Waals surface area (Å²) in [7, 11) is 0. The highest BCUT2D eigenvalue weighted by Gasteiger charge is 2.81. The minimum absolute atomic E-state index is 0.0338. The lowest BCUT2D eigenvalue weighted by molar-refractivity contribution is -0.175. The van der Waals surface area contributed by atoms with Crippen LogP contribution in [0.3, 0.4) is 0 Å². The van der Waals surface area contributed by atoms with Crippen molar-refractivity contribution in [2.24, 2.45) is 23.2 Å². The lowest BCUT2D eigenvalue weighted by Gasteiger charge is -2.22. The zero-order chi connectivity index (χ0) is 13.3. The van der Waals surface area contributed by atoms with Gasteiger partial charge in [0.1, 0.15) is 0 Å². The smallest absolute Gasteiger partial charge is 0.471 e. The van der Waals surface area contributed by atoms with Crippen LogP contribution in [0.4, 0.5) is 13.2 Å². The molecule has 0 aromatic carbocycles. The fourth-order valence-electron chi connectivity index (χ4n) is 4.34. The van der Waals surface area contributed by atoms with Crippen molar-refractivity contribution in [3.05, 3.63) is 0 Å². The number of carbonyl (C=O) groups excluding carboxylic acids is 1. The van der Waals surface area contributed by atoms with E-state index in [0.29, 0.717) is 6.42 Å². The predicted octanol–water partition coefficient (Wildman–Crippen LogP) is 1.16. The van der Waals surface area contributed by atoms with Crippen molar-refractivity contribution in [2.45, 2.75) is 31.5 Å². The molecule has 1 amide bonds. The first-order chi connectivity index (χ1) is 8.29. The van der Waals surface area contributed by atoms with E-state index in [2.05, 4.69) is 0 Å². The van der Waals surface area contributed by atoms with Crippen molar-refractivity contribution in [1.82, 2.24) is 5.32 Å². The maximum atomic E-state index is 12.2. The number of carbonyl (C=O) groups is 2. The Morgan fingerprint density at radius 3 is 2.44 bits per heavy atom. The van der Waals surface area contributed by atoms with Crippen LogP contribution in [0.1, 0.15) is 19.3 Å². The Kier molecular flexibility index (Phi) is 2.09. The number of amides is 1. The Morgan fingerprint density at radius 1 is 1.28 bits per heavy atom. The summed E-state index contributed by atoms with van der Waals surface area (Å²) in [5, 5.41) is 11.2. The number of alkyl halides is 3. The molecule has 100 valence electrons. The Balaban J connectivity index is 1.82. The van der Waals surface area contributed by atoms with Gasteiger partial charge in [0.25, 0.3) is 0 Å². The van der Waals surface area contributed by atoms with Gasteiger partial charge in [0.05, 0.1) is 5.41 Å². The number of rotatable bonds is 2. The number of hydrogen-bond acceptors (Lipinski definition) is 2. The maximum absolute atomic E-state index is 12.2. The summed E-state index contributed by atoms with van der Waals surface area (Å²) in [6, 6.07) is -0.869. The van der Waals surface area contributed by atoms with Gasteiger partial charge in [-0.05, 0) is 37.0 Å². The summed E-state index contributed by atoms with van der Waals surface area (Å²) in [5.74, 6) is -3.02. The highest BCUT2D eigenvalue weighted by atomic mass is 19.4. The van der Waals surface area contributed by atoms with Crippen LogP contribution in [-0.4, -0.2) is 29.2 Å². The molecular formula is C11H12F3NO3. The molecule has 0 radical (unpaired) electrons. The van der Waals surface area contributed by atoms with Crippen molar-refractivity contribution in [3.8, 4) is 0 Å². The van der Waals surface area contributed by atoms with Gasteiger partial charge in [-0.15, -0.1) is 0 Å². The van der Waals surface area contributed by atoms with Crippen molar-refractivity contribution >= 4 is 11.9 Å². The van der Waals surface area contributed by atoms with Crippen LogP contribution in [0.15, 0.2) is 0 Å². The zero-order valence-corrected chi connectivity index (χ0v) is 9.33. The predicted molar refractivity (Wildman–Crippen MR) is 52.4 cm³/mol. The lowest BCUT2D eigenvalue weighted by Crippen LogP contribution is -2.48. The van der Waals surface area contributed by atoms with E-state index in [1.54, 1.807) is 0 Å². The largest absolute Gasteiger partial charge is 0.481 e. The third-order valence-electron chi connectivity index (χ3n) is 4.89. The Labute approximate surface area is 101 Å².